The summed E-state index contributed by atoms with van der Waals surface area (Å²) in [6, 6.07) is 5.58. The van der Waals surface area contributed by atoms with E-state index in [9.17, 15) is 9.90 Å². The van der Waals surface area contributed by atoms with Gasteiger partial charge in [0.2, 0.25) is 5.91 Å². The third-order valence-corrected chi connectivity index (χ3v) is 3.78. The molecule has 20 heavy (non-hydrogen) atoms. The highest BCUT2D eigenvalue weighted by atomic mass is 79.9. The van der Waals surface area contributed by atoms with Crippen LogP contribution in [0.5, 0.6) is 0 Å². The van der Waals surface area contributed by atoms with Gasteiger partial charge in [-0.3, -0.25) is 9.69 Å². The van der Waals surface area contributed by atoms with Crippen LogP contribution in [-0.2, 0) is 4.79 Å². The summed E-state index contributed by atoms with van der Waals surface area (Å²) in [5.74, 6) is -0.0980. The number of nitrogens with one attached hydrogen (secondary N) is 1. The predicted molar refractivity (Wildman–Crippen MR) is 88.9 cm³/mol. The quantitative estimate of drug-likeness (QED) is 0.760. The van der Waals surface area contributed by atoms with E-state index in [1.165, 1.54) is 0 Å². The van der Waals surface area contributed by atoms with Crippen molar-refractivity contribution in [2.24, 2.45) is 0 Å². The summed E-state index contributed by atoms with van der Waals surface area (Å²) in [6.45, 7) is 6.85. The van der Waals surface area contributed by atoms with E-state index in [4.69, 9.17) is 0 Å². The van der Waals surface area contributed by atoms with Crippen molar-refractivity contribution in [1.29, 1.82) is 0 Å². The molecule has 0 radical (unpaired) electrons. The summed E-state index contributed by atoms with van der Waals surface area (Å²) >= 11 is 6.78. The molecule has 1 aromatic carbocycles. The molecule has 0 unspecified atom stereocenters. The van der Waals surface area contributed by atoms with Gasteiger partial charge in [-0.15, -0.1) is 0 Å². The fourth-order valence-corrected chi connectivity index (χ4v) is 2.96. The van der Waals surface area contributed by atoms with Crippen LogP contribution in [0.15, 0.2) is 27.1 Å². The second-order valence-corrected chi connectivity index (χ2v) is 7.06. The minimum Gasteiger partial charge on any atom is -0.389 e. The standard InChI is InChI=1S/C14H20Br2N2O2/c1-4-18(9-14(2,3)20)8-13(19)17-12-6-5-10(15)7-11(12)16/h5-7,20H,4,8-9H2,1-3H3,(H,17,19). The Balaban J connectivity index is 2.62. The molecule has 112 valence electrons. The van der Waals surface area contributed by atoms with Gasteiger partial charge in [-0.25, -0.2) is 0 Å². The van der Waals surface area contributed by atoms with Crippen molar-refractivity contribution in [2.45, 2.75) is 26.4 Å². The van der Waals surface area contributed by atoms with Crippen LogP contribution in [0, 0.1) is 0 Å². The molecule has 0 spiro atoms. The lowest BCUT2D eigenvalue weighted by atomic mass is 10.1. The van der Waals surface area contributed by atoms with Crippen LogP contribution < -0.4 is 5.32 Å². The van der Waals surface area contributed by atoms with Gasteiger partial charge in [-0.05, 0) is 54.5 Å². The van der Waals surface area contributed by atoms with Crippen LogP contribution in [0.3, 0.4) is 0 Å². The minimum atomic E-state index is -0.811. The molecule has 1 rings (SSSR count). The molecule has 6 heteroatoms. The summed E-state index contributed by atoms with van der Waals surface area (Å²) in [7, 11) is 0. The molecule has 0 aromatic heterocycles. The number of carbonyl (C=O) groups is 1. The largest absolute Gasteiger partial charge is 0.389 e. The normalized spacial score (nSPS) is 11.8. The summed E-state index contributed by atoms with van der Waals surface area (Å²) in [6.07, 6.45) is 0. The monoisotopic (exact) mass is 406 g/mol. The highest BCUT2D eigenvalue weighted by Crippen LogP contribution is 2.26. The number of carbonyl (C=O) groups excluding carboxylic acids is 1. The first-order chi connectivity index (χ1) is 9.21. The van der Waals surface area contributed by atoms with Crippen molar-refractivity contribution in [2.75, 3.05) is 25.0 Å². The van der Waals surface area contributed by atoms with Crippen LogP contribution >= 0.6 is 31.9 Å². The zero-order valence-electron chi connectivity index (χ0n) is 11.9. The van der Waals surface area contributed by atoms with Crippen molar-refractivity contribution in [3.05, 3.63) is 27.1 Å². The molecule has 0 atom stereocenters. The van der Waals surface area contributed by atoms with Crippen LogP contribution in [0.1, 0.15) is 20.8 Å². The number of anilines is 1. The van der Waals surface area contributed by atoms with Crippen molar-refractivity contribution >= 4 is 43.5 Å². The minimum absolute atomic E-state index is 0.0980. The Morgan fingerprint density at radius 1 is 1.40 bits per heavy atom. The van der Waals surface area contributed by atoms with Crippen LogP contribution in [-0.4, -0.2) is 41.1 Å². The fraction of sp³-hybridized carbons (Fsp3) is 0.500. The van der Waals surface area contributed by atoms with E-state index in [0.29, 0.717) is 13.1 Å². The molecule has 0 aliphatic heterocycles. The number of rotatable bonds is 6. The molecule has 0 aliphatic carbocycles. The predicted octanol–water partition coefficient (Wildman–Crippen LogP) is 3.24. The van der Waals surface area contributed by atoms with Crippen LogP contribution in [0.4, 0.5) is 5.69 Å². The first-order valence-corrected chi connectivity index (χ1v) is 7.99. The van der Waals surface area contributed by atoms with Gasteiger partial charge in [0.05, 0.1) is 17.8 Å². The van der Waals surface area contributed by atoms with E-state index in [1.807, 2.05) is 30.0 Å². The van der Waals surface area contributed by atoms with Crippen molar-refractivity contribution < 1.29 is 9.90 Å². The molecule has 1 aromatic rings. The highest BCUT2D eigenvalue weighted by molar-refractivity contribution is 9.11. The number of benzene rings is 1. The summed E-state index contributed by atoms with van der Waals surface area (Å²) < 4.78 is 1.77. The zero-order valence-corrected chi connectivity index (χ0v) is 15.1. The Labute approximate surface area is 136 Å². The number of aliphatic hydroxyl groups is 1. The molecule has 0 saturated carbocycles. The Hall–Kier alpha value is -0.430. The topological polar surface area (TPSA) is 52.6 Å². The maximum atomic E-state index is 12.0. The number of amides is 1. The van der Waals surface area contributed by atoms with Gasteiger partial charge in [0, 0.05) is 15.5 Å². The van der Waals surface area contributed by atoms with E-state index in [0.717, 1.165) is 14.6 Å². The Morgan fingerprint density at radius 2 is 2.05 bits per heavy atom. The van der Waals surface area contributed by atoms with Crippen molar-refractivity contribution in [3.63, 3.8) is 0 Å². The van der Waals surface area contributed by atoms with E-state index in [-0.39, 0.29) is 12.5 Å². The van der Waals surface area contributed by atoms with E-state index in [1.54, 1.807) is 13.8 Å². The van der Waals surface area contributed by atoms with Gasteiger partial charge in [0.1, 0.15) is 0 Å². The van der Waals surface area contributed by atoms with E-state index >= 15 is 0 Å². The second-order valence-electron chi connectivity index (χ2n) is 5.29. The molecule has 0 aliphatic rings. The van der Waals surface area contributed by atoms with E-state index < -0.39 is 5.60 Å². The van der Waals surface area contributed by atoms with Gasteiger partial charge >= 0.3 is 0 Å². The summed E-state index contributed by atoms with van der Waals surface area (Å²) in [4.78, 5) is 13.9. The van der Waals surface area contributed by atoms with Gasteiger partial charge < -0.3 is 10.4 Å². The van der Waals surface area contributed by atoms with Crippen molar-refractivity contribution in [1.82, 2.24) is 4.90 Å². The van der Waals surface area contributed by atoms with Gasteiger partial charge in [-0.1, -0.05) is 22.9 Å². The molecule has 0 bridgehead atoms. The molecule has 0 heterocycles. The van der Waals surface area contributed by atoms with Gasteiger partial charge in [0.25, 0.3) is 0 Å². The molecule has 0 saturated heterocycles. The smallest absolute Gasteiger partial charge is 0.238 e. The molecular formula is C14H20Br2N2O2. The van der Waals surface area contributed by atoms with Gasteiger partial charge in [0.15, 0.2) is 0 Å². The molecular weight excluding hydrogens is 388 g/mol. The number of halogens is 2. The van der Waals surface area contributed by atoms with Crippen LogP contribution in [0.2, 0.25) is 0 Å². The zero-order chi connectivity index (χ0) is 15.3. The third-order valence-electron chi connectivity index (χ3n) is 2.63. The lowest BCUT2D eigenvalue weighted by Crippen LogP contribution is -2.42. The summed E-state index contributed by atoms with van der Waals surface area (Å²) in [5, 5.41) is 12.7. The Bertz CT molecular complexity index is 473. The fourth-order valence-electron chi connectivity index (χ4n) is 1.81. The van der Waals surface area contributed by atoms with Crippen LogP contribution in [0.25, 0.3) is 0 Å². The highest BCUT2D eigenvalue weighted by Gasteiger charge is 2.19. The number of hydrogen-bond acceptors (Lipinski definition) is 3. The van der Waals surface area contributed by atoms with E-state index in [2.05, 4.69) is 37.2 Å². The molecule has 0 fully saturated rings. The third kappa shape index (κ3) is 6.35. The molecule has 2 N–H and O–H groups in total. The average molecular weight is 408 g/mol. The van der Waals surface area contributed by atoms with Gasteiger partial charge in [-0.2, -0.15) is 0 Å². The average Bonchev–Trinajstić information content (AvgIpc) is 2.30. The number of nitrogens with zero attached hydrogens (tertiary/aromatic N) is 1. The van der Waals surface area contributed by atoms with Crippen molar-refractivity contribution in [3.8, 4) is 0 Å². The second kappa shape index (κ2) is 7.54. The maximum absolute atomic E-state index is 12.0. The number of likely N-dealkylation sites (N-methyl/N-ethyl adjacent to an activating group) is 1. The lowest BCUT2D eigenvalue weighted by Gasteiger charge is -2.27. The maximum Gasteiger partial charge on any atom is 0.238 e. The Kier molecular flexibility index (Phi) is 6.64. The lowest BCUT2D eigenvalue weighted by molar-refractivity contribution is -0.117. The SMILES string of the molecule is CCN(CC(=O)Nc1ccc(Br)cc1Br)CC(C)(C)O. The molecule has 4 nitrogen and oxygen atoms in total. The first kappa shape index (κ1) is 17.6. The summed E-state index contributed by atoms with van der Waals surface area (Å²) in [5.41, 5.74) is -0.0772. The first-order valence-electron chi connectivity index (χ1n) is 6.41. The molecule has 1 amide bonds. The Morgan fingerprint density at radius 3 is 2.55 bits per heavy atom. The number of hydrogen-bond donors (Lipinski definition) is 2.